The number of carbonyl (C=O) groups excluding carboxylic acids is 1. The molecule has 9 nitrogen and oxygen atoms in total. The average molecular weight is 420 g/mol. The average Bonchev–Trinajstić information content (AvgIpc) is 3.14. The van der Waals surface area contributed by atoms with Crippen LogP contribution in [0.3, 0.4) is 0 Å². The summed E-state index contributed by atoms with van der Waals surface area (Å²) < 4.78 is 38.7. The van der Waals surface area contributed by atoms with Crippen LogP contribution >= 0.6 is 0 Å². The van der Waals surface area contributed by atoms with E-state index in [1.165, 1.54) is 11.0 Å². The molecule has 10 heteroatoms. The normalized spacial score (nSPS) is 20.4. The molecule has 1 unspecified atom stereocenters. The summed E-state index contributed by atoms with van der Waals surface area (Å²) in [7, 11) is -3.68. The van der Waals surface area contributed by atoms with E-state index in [2.05, 4.69) is 10.1 Å². The fourth-order valence-electron chi connectivity index (χ4n) is 3.90. The number of ether oxygens (including phenoxy) is 1. The maximum Gasteiger partial charge on any atom is 0.265 e. The molecule has 0 aliphatic carbocycles. The summed E-state index contributed by atoms with van der Waals surface area (Å²) in [6, 6.07) is 4.66. The zero-order valence-corrected chi connectivity index (χ0v) is 17.3. The van der Waals surface area contributed by atoms with E-state index in [9.17, 15) is 13.2 Å². The molecule has 156 valence electrons. The molecule has 0 saturated carbocycles. The fraction of sp³-hybridized carbons (Fsp3) is 0.526. The van der Waals surface area contributed by atoms with Crippen LogP contribution in [0.1, 0.15) is 44.3 Å². The Balaban J connectivity index is 1.70. The van der Waals surface area contributed by atoms with Crippen molar-refractivity contribution < 1.29 is 22.5 Å². The third-order valence-electron chi connectivity index (χ3n) is 5.39. The number of rotatable bonds is 5. The highest BCUT2D eigenvalue weighted by atomic mass is 32.2. The topological polar surface area (TPSA) is 106 Å². The van der Waals surface area contributed by atoms with E-state index in [1.807, 2.05) is 6.92 Å². The molecule has 3 heterocycles. The highest BCUT2D eigenvalue weighted by molar-refractivity contribution is 7.89. The number of hydrogen-bond donors (Lipinski definition) is 0. The van der Waals surface area contributed by atoms with Crippen molar-refractivity contribution in [3.05, 3.63) is 29.9 Å². The number of sulfonamides is 1. The zero-order valence-electron chi connectivity index (χ0n) is 16.5. The molecule has 4 rings (SSSR count). The summed E-state index contributed by atoms with van der Waals surface area (Å²) in [4.78, 5) is 18.2. The predicted molar refractivity (Wildman–Crippen MR) is 104 cm³/mol. The van der Waals surface area contributed by atoms with Gasteiger partial charge in [-0.25, -0.2) is 8.42 Å². The van der Waals surface area contributed by atoms with Gasteiger partial charge >= 0.3 is 0 Å². The molecule has 1 fully saturated rings. The van der Waals surface area contributed by atoms with Crippen LogP contribution in [0.25, 0.3) is 0 Å². The molecule has 1 atom stereocenters. The lowest BCUT2D eigenvalue weighted by atomic mass is 10.0. The number of benzene rings is 1. The second-order valence-electron chi connectivity index (χ2n) is 7.30. The van der Waals surface area contributed by atoms with Gasteiger partial charge in [0, 0.05) is 19.5 Å². The lowest BCUT2D eigenvalue weighted by molar-refractivity contribution is -0.121. The first-order valence-electron chi connectivity index (χ1n) is 9.78. The molecular formula is C19H24N4O5S. The Morgan fingerprint density at radius 1 is 1.28 bits per heavy atom. The number of amides is 1. The van der Waals surface area contributed by atoms with Crippen molar-refractivity contribution in [1.29, 1.82) is 0 Å². The van der Waals surface area contributed by atoms with Crippen LogP contribution in [0, 0.1) is 6.92 Å². The molecular weight excluding hydrogens is 396 g/mol. The fourth-order valence-corrected chi connectivity index (χ4v) is 5.68. The van der Waals surface area contributed by atoms with Gasteiger partial charge in [0.15, 0.2) is 12.4 Å². The largest absolute Gasteiger partial charge is 0.482 e. The van der Waals surface area contributed by atoms with Crippen molar-refractivity contribution in [3.63, 3.8) is 0 Å². The lowest BCUT2D eigenvalue weighted by Crippen LogP contribution is -2.43. The standard InChI is InChI=1S/C19H24N4O5S/c1-3-14-6-4-5-9-23(14)29(25,26)15-7-8-17-16(10-15)22(19(24)12-27-17)11-18-20-13(2)28-21-18/h7-8,10,14H,3-6,9,11-12H2,1-2H3. The summed E-state index contributed by atoms with van der Waals surface area (Å²) in [6.07, 6.45) is 3.53. The van der Waals surface area contributed by atoms with Crippen molar-refractivity contribution >= 4 is 21.6 Å². The summed E-state index contributed by atoms with van der Waals surface area (Å²) in [5.74, 6) is 0.903. The number of hydrogen-bond acceptors (Lipinski definition) is 7. The third-order valence-corrected chi connectivity index (χ3v) is 7.34. The van der Waals surface area contributed by atoms with E-state index in [4.69, 9.17) is 9.26 Å². The number of nitrogens with zero attached hydrogens (tertiary/aromatic N) is 4. The Labute approximate surface area is 169 Å². The van der Waals surface area contributed by atoms with Gasteiger partial charge < -0.3 is 9.26 Å². The first-order valence-corrected chi connectivity index (χ1v) is 11.2. The second-order valence-corrected chi connectivity index (χ2v) is 9.19. The summed E-state index contributed by atoms with van der Waals surface area (Å²) >= 11 is 0. The van der Waals surface area contributed by atoms with E-state index < -0.39 is 10.0 Å². The maximum atomic E-state index is 13.3. The van der Waals surface area contributed by atoms with Gasteiger partial charge in [0.05, 0.1) is 17.1 Å². The van der Waals surface area contributed by atoms with Crippen molar-refractivity contribution in [2.75, 3.05) is 18.1 Å². The van der Waals surface area contributed by atoms with Crippen molar-refractivity contribution in [3.8, 4) is 5.75 Å². The van der Waals surface area contributed by atoms with Crippen LogP contribution in [0.5, 0.6) is 5.75 Å². The highest BCUT2D eigenvalue weighted by Crippen LogP contribution is 2.36. The summed E-state index contributed by atoms with van der Waals surface area (Å²) in [5, 5.41) is 3.84. The van der Waals surface area contributed by atoms with Gasteiger partial charge in [0.2, 0.25) is 15.9 Å². The Hall–Kier alpha value is -2.46. The van der Waals surface area contributed by atoms with Gasteiger partial charge in [-0.3, -0.25) is 9.69 Å². The predicted octanol–water partition coefficient (Wildman–Crippen LogP) is 2.26. The quantitative estimate of drug-likeness (QED) is 0.730. The van der Waals surface area contributed by atoms with Crippen LogP contribution in [0.2, 0.25) is 0 Å². The van der Waals surface area contributed by atoms with E-state index in [-0.39, 0.29) is 30.0 Å². The molecule has 29 heavy (non-hydrogen) atoms. The minimum atomic E-state index is -3.68. The number of anilines is 1. The Morgan fingerprint density at radius 3 is 2.83 bits per heavy atom. The van der Waals surface area contributed by atoms with Gasteiger partial charge in [0.1, 0.15) is 5.75 Å². The molecule has 1 aromatic carbocycles. The third kappa shape index (κ3) is 3.74. The van der Waals surface area contributed by atoms with E-state index in [0.29, 0.717) is 29.7 Å². The minimum absolute atomic E-state index is 0.000993. The number of carbonyl (C=O) groups is 1. The van der Waals surface area contributed by atoms with E-state index in [1.54, 1.807) is 23.4 Å². The molecule has 0 spiro atoms. The van der Waals surface area contributed by atoms with Gasteiger partial charge in [0.25, 0.3) is 5.91 Å². The molecule has 0 radical (unpaired) electrons. The molecule has 1 aromatic heterocycles. The van der Waals surface area contributed by atoms with Gasteiger partial charge in [-0.1, -0.05) is 18.5 Å². The molecule has 0 N–H and O–H groups in total. The lowest BCUT2D eigenvalue weighted by Gasteiger charge is -2.34. The first kappa shape index (κ1) is 19.8. The summed E-state index contributed by atoms with van der Waals surface area (Å²) in [6.45, 7) is 4.14. The van der Waals surface area contributed by atoms with Crippen LogP contribution in [0.15, 0.2) is 27.6 Å². The Bertz CT molecular complexity index is 1020. The molecule has 2 aliphatic rings. The number of piperidine rings is 1. The van der Waals surface area contributed by atoms with Crippen LogP contribution in [-0.2, 0) is 21.4 Å². The highest BCUT2D eigenvalue weighted by Gasteiger charge is 2.34. The molecule has 2 aliphatic heterocycles. The monoisotopic (exact) mass is 420 g/mol. The van der Waals surface area contributed by atoms with Crippen molar-refractivity contribution in [2.24, 2.45) is 0 Å². The summed E-state index contributed by atoms with van der Waals surface area (Å²) in [5.41, 5.74) is 0.398. The Morgan fingerprint density at radius 2 is 2.10 bits per heavy atom. The van der Waals surface area contributed by atoms with Crippen molar-refractivity contribution in [1.82, 2.24) is 14.4 Å². The first-order chi connectivity index (χ1) is 13.9. The SMILES string of the molecule is CCC1CCCCN1S(=O)(=O)c1ccc2c(c1)N(Cc1noc(C)n1)C(=O)CO2. The number of aromatic nitrogens is 2. The van der Waals surface area contributed by atoms with Crippen LogP contribution < -0.4 is 9.64 Å². The van der Waals surface area contributed by atoms with E-state index >= 15 is 0 Å². The van der Waals surface area contributed by atoms with Gasteiger partial charge in [-0.2, -0.15) is 9.29 Å². The number of aryl methyl sites for hydroxylation is 1. The molecule has 1 amide bonds. The second kappa shape index (κ2) is 7.75. The number of fused-ring (bicyclic) bond motifs is 1. The molecule has 1 saturated heterocycles. The smallest absolute Gasteiger partial charge is 0.265 e. The molecule has 0 bridgehead atoms. The zero-order chi connectivity index (χ0) is 20.6. The van der Waals surface area contributed by atoms with Gasteiger partial charge in [-0.05, 0) is 37.5 Å². The maximum absolute atomic E-state index is 13.3. The molecule has 2 aromatic rings. The van der Waals surface area contributed by atoms with Crippen molar-refractivity contribution in [2.45, 2.75) is 57.0 Å². The van der Waals surface area contributed by atoms with Gasteiger partial charge in [-0.15, -0.1) is 0 Å². The van der Waals surface area contributed by atoms with E-state index in [0.717, 1.165) is 25.7 Å². The van der Waals surface area contributed by atoms with Crippen LogP contribution in [0.4, 0.5) is 5.69 Å². The minimum Gasteiger partial charge on any atom is -0.482 e. The van der Waals surface area contributed by atoms with Crippen LogP contribution in [-0.4, -0.2) is 48.0 Å². The Kier molecular flexibility index (Phi) is 5.30.